The van der Waals surface area contributed by atoms with E-state index in [-0.39, 0.29) is 0 Å². The molecule has 0 spiro atoms. The summed E-state index contributed by atoms with van der Waals surface area (Å²) >= 11 is 6.29. The number of halogens is 1. The number of nitrogens with zero attached hydrogens (tertiary/aromatic N) is 1. The Labute approximate surface area is 144 Å². The summed E-state index contributed by atoms with van der Waals surface area (Å²) in [6.07, 6.45) is 1.03. The van der Waals surface area contributed by atoms with Crippen LogP contribution in [0.4, 0.5) is 0 Å². The number of guanidine groups is 1. The molecule has 1 unspecified atom stereocenters. The van der Waals surface area contributed by atoms with E-state index >= 15 is 0 Å². The molecule has 1 aromatic carbocycles. The first-order valence-corrected chi connectivity index (χ1v) is 8.47. The van der Waals surface area contributed by atoms with Crippen LogP contribution in [0.2, 0.25) is 5.02 Å². The van der Waals surface area contributed by atoms with Gasteiger partial charge in [-0.1, -0.05) is 18.5 Å². The van der Waals surface area contributed by atoms with Gasteiger partial charge in [-0.05, 0) is 44.9 Å². The fourth-order valence-electron chi connectivity index (χ4n) is 1.97. The number of ether oxygens (including phenoxy) is 2. The number of nitrogens with one attached hydrogen (secondary N) is 2. The first-order chi connectivity index (χ1) is 11.0. The zero-order chi connectivity index (χ0) is 17.2. The van der Waals surface area contributed by atoms with Gasteiger partial charge in [0.1, 0.15) is 0 Å². The Bertz CT molecular complexity index is 521. The Kier molecular flexibility index (Phi) is 8.62. The summed E-state index contributed by atoms with van der Waals surface area (Å²) in [6, 6.07) is 4.14. The highest BCUT2D eigenvalue weighted by molar-refractivity contribution is 6.32. The summed E-state index contributed by atoms with van der Waals surface area (Å²) in [5.41, 5.74) is 0.969. The Morgan fingerprint density at radius 1 is 1.30 bits per heavy atom. The number of rotatable bonds is 8. The van der Waals surface area contributed by atoms with Gasteiger partial charge in [-0.2, -0.15) is 0 Å². The van der Waals surface area contributed by atoms with Gasteiger partial charge >= 0.3 is 0 Å². The third-order valence-electron chi connectivity index (χ3n) is 3.34. The second-order valence-corrected chi connectivity index (χ2v) is 5.60. The quantitative estimate of drug-likeness (QED) is 0.560. The minimum atomic E-state index is 0.367. The molecule has 23 heavy (non-hydrogen) atoms. The molecule has 0 saturated carbocycles. The second kappa shape index (κ2) is 10.2. The Balaban J connectivity index is 2.93. The highest BCUT2D eigenvalue weighted by atomic mass is 35.5. The summed E-state index contributed by atoms with van der Waals surface area (Å²) in [7, 11) is 1.61. The molecule has 1 rings (SSSR count). The van der Waals surface area contributed by atoms with E-state index in [1.165, 1.54) is 0 Å². The van der Waals surface area contributed by atoms with Gasteiger partial charge in [0.15, 0.2) is 17.5 Å². The van der Waals surface area contributed by atoms with Crippen molar-refractivity contribution in [1.82, 2.24) is 10.6 Å². The van der Waals surface area contributed by atoms with Crippen LogP contribution in [0, 0.1) is 0 Å². The zero-order valence-corrected chi connectivity index (χ0v) is 15.5. The lowest BCUT2D eigenvalue weighted by molar-refractivity contribution is 0.311. The van der Waals surface area contributed by atoms with Gasteiger partial charge in [-0.3, -0.25) is 0 Å². The van der Waals surface area contributed by atoms with Crippen molar-refractivity contribution in [2.24, 2.45) is 4.99 Å². The molecule has 0 aliphatic carbocycles. The summed E-state index contributed by atoms with van der Waals surface area (Å²) in [6.45, 7) is 10.1. The van der Waals surface area contributed by atoms with Gasteiger partial charge in [0, 0.05) is 12.6 Å². The average molecular weight is 342 g/mol. The van der Waals surface area contributed by atoms with Crippen molar-refractivity contribution in [2.45, 2.75) is 46.7 Å². The molecule has 0 radical (unpaired) electrons. The maximum Gasteiger partial charge on any atom is 0.191 e. The molecule has 2 N–H and O–H groups in total. The smallest absolute Gasteiger partial charge is 0.191 e. The summed E-state index contributed by atoms with van der Waals surface area (Å²) in [5, 5.41) is 7.14. The van der Waals surface area contributed by atoms with Crippen molar-refractivity contribution in [1.29, 1.82) is 0 Å². The Morgan fingerprint density at radius 3 is 2.61 bits per heavy atom. The third-order valence-corrected chi connectivity index (χ3v) is 3.62. The monoisotopic (exact) mass is 341 g/mol. The average Bonchev–Trinajstić information content (AvgIpc) is 2.54. The molecule has 0 amide bonds. The molecule has 1 aromatic rings. The molecule has 130 valence electrons. The predicted molar refractivity (Wildman–Crippen MR) is 96.9 cm³/mol. The Hall–Kier alpha value is -1.62. The van der Waals surface area contributed by atoms with E-state index in [1.54, 1.807) is 7.11 Å². The summed E-state index contributed by atoms with van der Waals surface area (Å²) in [5.74, 6) is 2.00. The van der Waals surface area contributed by atoms with Crippen molar-refractivity contribution >= 4 is 17.6 Å². The summed E-state index contributed by atoms with van der Waals surface area (Å²) in [4.78, 5) is 4.60. The Morgan fingerprint density at radius 2 is 2.04 bits per heavy atom. The normalized spacial score (nSPS) is 12.7. The van der Waals surface area contributed by atoms with Crippen LogP contribution in [0.15, 0.2) is 17.1 Å². The van der Waals surface area contributed by atoms with Crippen molar-refractivity contribution in [3.05, 3.63) is 22.7 Å². The van der Waals surface area contributed by atoms with Crippen LogP contribution in [0.5, 0.6) is 11.5 Å². The van der Waals surface area contributed by atoms with Gasteiger partial charge in [0.2, 0.25) is 0 Å². The third kappa shape index (κ3) is 6.18. The van der Waals surface area contributed by atoms with Gasteiger partial charge in [-0.25, -0.2) is 4.99 Å². The fourth-order valence-corrected chi connectivity index (χ4v) is 2.26. The molecule has 0 aliphatic rings. The van der Waals surface area contributed by atoms with Crippen molar-refractivity contribution in [3.8, 4) is 11.5 Å². The molecule has 0 saturated heterocycles. The molecular formula is C17H28ClN3O2. The standard InChI is InChI=1S/C17H28ClN3O2/c1-6-12(4)21-17(19-7-2)20-11-13-9-14(18)16(23-8-3)15(10-13)22-5/h9-10,12H,6-8,11H2,1-5H3,(H2,19,20,21). The first kappa shape index (κ1) is 19.4. The van der Waals surface area contributed by atoms with Crippen LogP contribution in [0.25, 0.3) is 0 Å². The van der Waals surface area contributed by atoms with Crippen LogP contribution in [0.1, 0.15) is 39.7 Å². The van der Waals surface area contributed by atoms with Crippen molar-refractivity contribution in [2.75, 3.05) is 20.3 Å². The SMILES string of the molecule is CCNC(=NCc1cc(Cl)c(OCC)c(OC)c1)NC(C)CC. The molecule has 1 atom stereocenters. The fraction of sp³-hybridized carbons (Fsp3) is 0.588. The number of hydrogen-bond acceptors (Lipinski definition) is 3. The van der Waals surface area contributed by atoms with Crippen LogP contribution < -0.4 is 20.1 Å². The summed E-state index contributed by atoms with van der Waals surface area (Å²) < 4.78 is 10.9. The number of benzene rings is 1. The lowest BCUT2D eigenvalue weighted by Gasteiger charge is -2.16. The van der Waals surface area contributed by atoms with Crippen LogP contribution in [0.3, 0.4) is 0 Å². The first-order valence-electron chi connectivity index (χ1n) is 8.09. The van der Waals surface area contributed by atoms with E-state index in [4.69, 9.17) is 21.1 Å². The van der Waals surface area contributed by atoms with Gasteiger partial charge in [0.25, 0.3) is 0 Å². The van der Waals surface area contributed by atoms with E-state index in [9.17, 15) is 0 Å². The van der Waals surface area contributed by atoms with E-state index in [2.05, 4.69) is 29.5 Å². The highest BCUT2D eigenvalue weighted by Gasteiger charge is 2.11. The van der Waals surface area contributed by atoms with Crippen molar-refractivity contribution < 1.29 is 9.47 Å². The molecular weight excluding hydrogens is 314 g/mol. The topological polar surface area (TPSA) is 54.9 Å². The molecule has 5 nitrogen and oxygen atoms in total. The number of aliphatic imine (C=N–C) groups is 1. The molecule has 0 heterocycles. The van der Waals surface area contributed by atoms with Crippen LogP contribution >= 0.6 is 11.6 Å². The van der Waals surface area contributed by atoms with E-state index in [0.29, 0.717) is 35.7 Å². The van der Waals surface area contributed by atoms with E-state index in [1.807, 2.05) is 26.0 Å². The maximum atomic E-state index is 6.29. The molecule has 0 aliphatic heterocycles. The van der Waals surface area contributed by atoms with E-state index in [0.717, 1.165) is 24.5 Å². The minimum Gasteiger partial charge on any atom is -0.493 e. The molecule has 6 heteroatoms. The van der Waals surface area contributed by atoms with Gasteiger partial charge in [-0.15, -0.1) is 0 Å². The second-order valence-electron chi connectivity index (χ2n) is 5.19. The van der Waals surface area contributed by atoms with Gasteiger partial charge < -0.3 is 20.1 Å². The number of hydrogen-bond donors (Lipinski definition) is 2. The number of methoxy groups -OCH3 is 1. The lowest BCUT2D eigenvalue weighted by Crippen LogP contribution is -2.41. The van der Waals surface area contributed by atoms with Crippen LogP contribution in [-0.2, 0) is 6.54 Å². The maximum absolute atomic E-state index is 6.29. The molecule has 0 fully saturated rings. The van der Waals surface area contributed by atoms with Crippen LogP contribution in [-0.4, -0.2) is 32.3 Å². The largest absolute Gasteiger partial charge is 0.493 e. The highest BCUT2D eigenvalue weighted by Crippen LogP contribution is 2.36. The predicted octanol–water partition coefficient (Wildman–Crippen LogP) is 3.60. The molecule has 0 aromatic heterocycles. The minimum absolute atomic E-state index is 0.367. The van der Waals surface area contributed by atoms with E-state index < -0.39 is 0 Å². The zero-order valence-electron chi connectivity index (χ0n) is 14.7. The van der Waals surface area contributed by atoms with Gasteiger partial charge in [0.05, 0.1) is 25.3 Å². The molecule has 0 bridgehead atoms. The lowest BCUT2D eigenvalue weighted by atomic mass is 10.2. The van der Waals surface area contributed by atoms with Crippen molar-refractivity contribution in [3.63, 3.8) is 0 Å².